The van der Waals surface area contributed by atoms with Crippen LogP contribution in [-0.4, -0.2) is 63.8 Å². The predicted molar refractivity (Wildman–Crippen MR) is 134 cm³/mol. The van der Waals surface area contributed by atoms with Crippen LogP contribution in [0.2, 0.25) is 0 Å². The Morgan fingerprint density at radius 2 is 1.78 bits per heavy atom. The van der Waals surface area contributed by atoms with Crippen LogP contribution >= 0.6 is 0 Å². The van der Waals surface area contributed by atoms with E-state index in [9.17, 15) is 9.59 Å². The van der Waals surface area contributed by atoms with Gasteiger partial charge >= 0.3 is 0 Å². The molecule has 1 aromatic carbocycles. The van der Waals surface area contributed by atoms with E-state index in [2.05, 4.69) is 20.0 Å². The Morgan fingerprint density at radius 1 is 1.00 bits per heavy atom. The Kier molecular flexibility index (Phi) is 6.48. The lowest BCUT2D eigenvalue weighted by Gasteiger charge is -2.36. The molecule has 0 N–H and O–H groups in total. The molecule has 10 heteroatoms. The smallest absolute Gasteiger partial charge is 0.267 e. The van der Waals surface area contributed by atoms with E-state index >= 15 is 0 Å². The Balaban J connectivity index is 1.26. The summed E-state index contributed by atoms with van der Waals surface area (Å²) in [6.07, 6.45) is 3.09. The second kappa shape index (κ2) is 10.0. The van der Waals surface area contributed by atoms with Crippen LogP contribution in [0, 0.1) is 0 Å². The number of nitrogens with zero attached hydrogens (tertiary/aromatic N) is 6. The summed E-state index contributed by atoms with van der Waals surface area (Å²) < 4.78 is 11.8. The highest BCUT2D eigenvalue weighted by molar-refractivity contribution is 5.80. The predicted octanol–water partition coefficient (Wildman–Crippen LogP) is 2.88. The highest BCUT2D eigenvalue weighted by Gasteiger charge is 2.28. The normalized spacial score (nSPS) is 14.5. The Morgan fingerprint density at radius 3 is 2.47 bits per heavy atom. The van der Waals surface area contributed by atoms with Crippen LogP contribution in [0.1, 0.15) is 13.0 Å². The van der Waals surface area contributed by atoms with Crippen LogP contribution in [0.3, 0.4) is 0 Å². The summed E-state index contributed by atoms with van der Waals surface area (Å²) in [7, 11) is 1.63. The van der Waals surface area contributed by atoms with Crippen molar-refractivity contribution in [2.24, 2.45) is 0 Å². The van der Waals surface area contributed by atoms with Gasteiger partial charge in [0.15, 0.2) is 5.76 Å². The van der Waals surface area contributed by atoms with Crippen LogP contribution in [0.5, 0.6) is 5.75 Å². The summed E-state index contributed by atoms with van der Waals surface area (Å²) in [6, 6.07) is 15.4. The number of anilines is 1. The summed E-state index contributed by atoms with van der Waals surface area (Å²) in [5, 5.41) is 4.37. The van der Waals surface area contributed by atoms with E-state index in [0.29, 0.717) is 37.6 Å². The SMILES string of the molecule is COc1ccc(-c2cc(N3CCN(C(=O)C(C)n4nc(-c5ccco5)ccc4=O)CC3)ncn2)cc1. The molecule has 184 valence electrons. The zero-order valence-corrected chi connectivity index (χ0v) is 20.1. The van der Waals surface area contributed by atoms with Crippen LogP contribution in [-0.2, 0) is 4.79 Å². The monoisotopic (exact) mass is 486 g/mol. The maximum absolute atomic E-state index is 13.2. The molecular weight excluding hydrogens is 460 g/mol. The lowest BCUT2D eigenvalue weighted by molar-refractivity contribution is -0.135. The largest absolute Gasteiger partial charge is 0.497 e. The third kappa shape index (κ3) is 4.70. The van der Waals surface area contributed by atoms with Gasteiger partial charge in [-0.15, -0.1) is 0 Å². The molecule has 0 spiro atoms. The van der Waals surface area contributed by atoms with Crippen molar-refractivity contribution in [2.75, 3.05) is 38.2 Å². The molecule has 1 saturated heterocycles. The first-order chi connectivity index (χ1) is 17.5. The number of carbonyl (C=O) groups is 1. The molecule has 36 heavy (non-hydrogen) atoms. The van der Waals surface area contributed by atoms with Crippen LogP contribution in [0.25, 0.3) is 22.7 Å². The number of hydrogen-bond acceptors (Lipinski definition) is 8. The number of amides is 1. The first kappa shape index (κ1) is 23.3. The van der Waals surface area contributed by atoms with Gasteiger partial charge in [-0.25, -0.2) is 14.6 Å². The molecule has 0 aliphatic carbocycles. The fourth-order valence-corrected chi connectivity index (χ4v) is 4.22. The van der Waals surface area contributed by atoms with E-state index in [0.717, 1.165) is 22.8 Å². The van der Waals surface area contributed by atoms with Gasteiger partial charge in [0, 0.05) is 43.9 Å². The fraction of sp³-hybridized carbons (Fsp3) is 0.269. The third-order valence-electron chi connectivity index (χ3n) is 6.28. The maximum atomic E-state index is 13.2. The first-order valence-electron chi connectivity index (χ1n) is 11.7. The number of ether oxygens (including phenoxy) is 1. The lowest BCUT2D eigenvalue weighted by Crippen LogP contribution is -2.51. The van der Waals surface area contributed by atoms with Crippen molar-refractivity contribution >= 4 is 11.7 Å². The number of carbonyl (C=O) groups excluding carboxylic acids is 1. The third-order valence-corrected chi connectivity index (χ3v) is 6.28. The standard InChI is InChI=1S/C26H26N6O4/c1-18(32-25(33)10-9-21(29-32)23-4-3-15-36-23)26(34)31-13-11-30(12-14-31)24-16-22(27-17-28-24)19-5-7-20(35-2)8-6-19/h3-10,15-18H,11-14H2,1-2H3. The zero-order valence-electron chi connectivity index (χ0n) is 20.1. The highest BCUT2D eigenvalue weighted by Crippen LogP contribution is 2.24. The number of furan rings is 1. The van der Waals surface area contributed by atoms with Gasteiger partial charge in [-0.05, 0) is 49.4 Å². The molecule has 1 aliphatic heterocycles. The Bertz CT molecular complexity index is 1390. The summed E-state index contributed by atoms with van der Waals surface area (Å²) in [5.74, 6) is 1.98. The molecule has 1 atom stereocenters. The van der Waals surface area contributed by atoms with Gasteiger partial charge in [0.2, 0.25) is 5.91 Å². The molecule has 0 bridgehead atoms. The van der Waals surface area contributed by atoms with Crippen LogP contribution in [0.4, 0.5) is 5.82 Å². The second-order valence-corrected chi connectivity index (χ2v) is 8.46. The number of methoxy groups -OCH3 is 1. The Hall–Kier alpha value is -4.47. The van der Waals surface area contributed by atoms with Gasteiger partial charge in [0.1, 0.15) is 29.6 Å². The molecular formula is C26H26N6O4. The number of hydrogen-bond donors (Lipinski definition) is 0. The van der Waals surface area contributed by atoms with E-state index < -0.39 is 6.04 Å². The number of piperazine rings is 1. The summed E-state index contributed by atoms with van der Waals surface area (Å²) in [4.78, 5) is 38.4. The molecule has 1 unspecified atom stereocenters. The number of rotatable bonds is 6. The van der Waals surface area contributed by atoms with Gasteiger partial charge in [-0.3, -0.25) is 9.59 Å². The number of benzene rings is 1. The van der Waals surface area contributed by atoms with Crippen molar-refractivity contribution in [1.82, 2.24) is 24.6 Å². The van der Waals surface area contributed by atoms with Gasteiger partial charge in [-0.1, -0.05) is 0 Å². The maximum Gasteiger partial charge on any atom is 0.267 e. The van der Waals surface area contributed by atoms with Gasteiger partial charge in [0.25, 0.3) is 5.56 Å². The van der Waals surface area contributed by atoms with Crippen LogP contribution in [0.15, 0.2) is 76.4 Å². The molecule has 4 aromatic rings. The first-order valence-corrected chi connectivity index (χ1v) is 11.7. The summed E-state index contributed by atoms with van der Waals surface area (Å²) in [6.45, 7) is 3.95. The molecule has 4 heterocycles. The zero-order chi connectivity index (χ0) is 25.1. The van der Waals surface area contributed by atoms with E-state index in [4.69, 9.17) is 9.15 Å². The van der Waals surface area contributed by atoms with Crippen molar-refractivity contribution in [3.05, 3.63) is 77.5 Å². The second-order valence-electron chi connectivity index (χ2n) is 8.46. The van der Waals surface area contributed by atoms with Gasteiger partial charge in [-0.2, -0.15) is 5.10 Å². The molecule has 1 amide bonds. The van der Waals surface area contributed by atoms with Crippen LogP contribution < -0.4 is 15.2 Å². The fourth-order valence-electron chi connectivity index (χ4n) is 4.22. The molecule has 0 radical (unpaired) electrons. The van der Waals surface area contributed by atoms with Crippen molar-refractivity contribution < 1.29 is 13.9 Å². The lowest BCUT2D eigenvalue weighted by atomic mass is 10.1. The quantitative estimate of drug-likeness (QED) is 0.410. The van der Waals surface area contributed by atoms with E-state index in [1.807, 2.05) is 30.3 Å². The van der Waals surface area contributed by atoms with Crippen molar-refractivity contribution in [1.29, 1.82) is 0 Å². The molecule has 1 aliphatic rings. The minimum absolute atomic E-state index is 0.151. The minimum atomic E-state index is -0.736. The molecule has 1 fully saturated rings. The minimum Gasteiger partial charge on any atom is -0.497 e. The summed E-state index contributed by atoms with van der Waals surface area (Å²) in [5.41, 5.74) is 1.95. The summed E-state index contributed by atoms with van der Waals surface area (Å²) >= 11 is 0. The van der Waals surface area contributed by atoms with Crippen molar-refractivity contribution in [2.45, 2.75) is 13.0 Å². The van der Waals surface area contributed by atoms with E-state index in [1.165, 1.54) is 17.0 Å². The molecule has 5 rings (SSSR count). The average molecular weight is 487 g/mol. The molecule has 0 saturated carbocycles. The van der Waals surface area contributed by atoms with Crippen molar-refractivity contribution in [3.63, 3.8) is 0 Å². The van der Waals surface area contributed by atoms with Gasteiger partial charge < -0.3 is 19.0 Å². The Labute approximate surface area is 207 Å². The average Bonchev–Trinajstić information content (AvgIpc) is 3.48. The van der Waals surface area contributed by atoms with E-state index in [1.54, 1.807) is 43.5 Å². The van der Waals surface area contributed by atoms with E-state index in [-0.39, 0.29) is 11.5 Å². The van der Waals surface area contributed by atoms with Crippen molar-refractivity contribution in [3.8, 4) is 28.5 Å². The number of aromatic nitrogens is 4. The highest BCUT2D eigenvalue weighted by atomic mass is 16.5. The van der Waals surface area contributed by atoms with Gasteiger partial charge in [0.05, 0.1) is 19.1 Å². The molecule has 10 nitrogen and oxygen atoms in total. The molecule has 3 aromatic heterocycles. The topological polar surface area (TPSA) is 107 Å².